The summed E-state index contributed by atoms with van der Waals surface area (Å²) in [6.45, 7) is 3.40. The second-order valence-electron chi connectivity index (χ2n) is 3.90. The quantitative estimate of drug-likeness (QED) is 0.772. The predicted molar refractivity (Wildman–Crippen MR) is 67.5 cm³/mol. The van der Waals surface area contributed by atoms with E-state index < -0.39 is 12.1 Å². The van der Waals surface area contributed by atoms with Crippen molar-refractivity contribution >= 4 is 11.6 Å². The zero-order chi connectivity index (χ0) is 13.0. The van der Waals surface area contributed by atoms with Crippen LogP contribution in [-0.2, 0) is 24.7 Å². The van der Waals surface area contributed by atoms with Crippen molar-refractivity contribution in [2.24, 2.45) is 0 Å². The summed E-state index contributed by atoms with van der Waals surface area (Å²) in [6.07, 6.45) is -0.622. The smallest absolute Gasteiger partial charge is 0.248 e. The van der Waals surface area contributed by atoms with Crippen molar-refractivity contribution in [2.75, 3.05) is 26.9 Å². The fourth-order valence-corrected chi connectivity index (χ4v) is 2.25. The summed E-state index contributed by atoms with van der Waals surface area (Å²) in [4.78, 5) is 0. The monoisotopic (exact) mass is 272 g/mol. The molecule has 0 radical (unpaired) electrons. The van der Waals surface area contributed by atoms with Crippen molar-refractivity contribution < 1.29 is 18.9 Å². The van der Waals surface area contributed by atoms with Crippen LogP contribution in [0.3, 0.4) is 0 Å². The van der Waals surface area contributed by atoms with E-state index in [2.05, 4.69) is 0 Å². The fraction of sp³-hybridized carbons (Fsp3) is 0.538. The van der Waals surface area contributed by atoms with Gasteiger partial charge in [-0.3, -0.25) is 0 Å². The minimum absolute atomic E-state index is 0.499. The summed E-state index contributed by atoms with van der Waals surface area (Å²) in [7, 11) is 1.57. The average Bonchev–Trinajstić information content (AvgIpc) is 2.86. The molecule has 0 spiro atoms. The van der Waals surface area contributed by atoms with Gasteiger partial charge in [0, 0.05) is 24.3 Å². The van der Waals surface area contributed by atoms with Crippen LogP contribution in [0.5, 0.6) is 0 Å². The minimum atomic E-state index is -1.03. The Kier molecular flexibility index (Phi) is 4.59. The summed E-state index contributed by atoms with van der Waals surface area (Å²) >= 11 is 6.02. The maximum atomic E-state index is 6.02. The number of hydrogen-bond acceptors (Lipinski definition) is 4. The molecule has 100 valence electrons. The van der Waals surface area contributed by atoms with Crippen molar-refractivity contribution in [3.05, 3.63) is 34.9 Å². The molecule has 1 atom stereocenters. The lowest BCUT2D eigenvalue weighted by Gasteiger charge is -2.34. The van der Waals surface area contributed by atoms with E-state index in [0.717, 1.165) is 5.56 Å². The fourth-order valence-electron chi connectivity index (χ4n) is 2.06. The molecule has 0 aliphatic carbocycles. The molecule has 1 heterocycles. The Hall–Kier alpha value is -0.650. The summed E-state index contributed by atoms with van der Waals surface area (Å²) in [6, 6.07) is 7.35. The third-order valence-electron chi connectivity index (χ3n) is 2.79. The van der Waals surface area contributed by atoms with E-state index in [1.165, 1.54) is 0 Å². The molecule has 1 unspecified atom stereocenters. The van der Waals surface area contributed by atoms with Crippen LogP contribution in [0.15, 0.2) is 24.3 Å². The van der Waals surface area contributed by atoms with E-state index in [0.29, 0.717) is 24.8 Å². The van der Waals surface area contributed by atoms with Gasteiger partial charge in [-0.05, 0) is 19.1 Å². The van der Waals surface area contributed by atoms with Crippen molar-refractivity contribution in [2.45, 2.75) is 19.0 Å². The summed E-state index contributed by atoms with van der Waals surface area (Å²) in [5.41, 5.74) is 0.799. The van der Waals surface area contributed by atoms with Gasteiger partial charge >= 0.3 is 0 Å². The number of methoxy groups -OCH3 is 1. The molecule has 1 aliphatic rings. The lowest BCUT2D eigenvalue weighted by Crippen LogP contribution is -2.43. The molecule has 1 saturated heterocycles. The number of rotatable bonds is 5. The molecular formula is C13H17ClO4. The van der Waals surface area contributed by atoms with Crippen molar-refractivity contribution in [1.82, 2.24) is 0 Å². The Morgan fingerprint density at radius 1 is 1.39 bits per heavy atom. The predicted octanol–water partition coefficient (Wildman–Crippen LogP) is 2.55. The van der Waals surface area contributed by atoms with Crippen LogP contribution in [0, 0.1) is 0 Å². The van der Waals surface area contributed by atoms with Crippen LogP contribution in [0.2, 0.25) is 5.02 Å². The van der Waals surface area contributed by atoms with Gasteiger partial charge in [-0.25, -0.2) is 0 Å². The van der Waals surface area contributed by atoms with Gasteiger partial charge in [-0.2, -0.15) is 0 Å². The standard InChI is InChI=1S/C13H17ClO4/c1-3-16-12(15-2)13(17-7-8-18-13)10-5-4-6-11(14)9-10/h4-6,9,12H,3,7-8H2,1-2H3. The Morgan fingerprint density at radius 2 is 2.11 bits per heavy atom. The SMILES string of the molecule is CCOC(OC)C1(c2cccc(Cl)c2)OCCO1. The largest absolute Gasteiger partial charge is 0.351 e. The number of ether oxygens (including phenoxy) is 4. The highest BCUT2D eigenvalue weighted by Crippen LogP contribution is 2.37. The normalized spacial score (nSPS) is 19.9. The highest BCUT2D eigenvalue weighted by molar-refractivity contribution is 6.30. The first-order valence-corrected chi connectivity index (χ1v) is 6.29. The number of hydrogen-bond donors (Lipinski definition) is 0. The Labute approximate surface area is 112 Å². The van der Waals surface area contributed by atoms with Gasteiger partial charge in [0.05, 0.1) is 13.2 Å². The summed E-state index contributed by atoms with van der Waals surface area (Å²) in [5.74, 6) is -1.03. The molecule has 0 amide bonds. The molecule has 1 aromatic rings. The van der Waals surface area contributed by atoms with Gasteiger partial charge in [0.2, 0.25) is 12.1 Å². The van der Waals surface area contributed by atoms with E-state index in [1.54, 1.807) is 19.2 Å². The number of halogens is 1. The molecule has 0 saturated carbocycles. The number of benzene rings is 1. The van der Waals surface area contributed by atoms with Gasteiger partial charge in [0.1, 0.15) is 0 Å². The molecule has 1 aromatic carbocycles. The van der Waals surface area contributed by atoms with E-state index in [1.807, 2.05) is 19.1 Å². The van der Waals surface area contributed by atoms with Crippen LogP contribution in [0.1, 0.15) is 12.5 Å². The third-order valence-corrected chi connectivity index (χ3v) is 3.02. The first-order valence-electron chi connectivity index (χ1n) is 5.91. The van der Waals surface area contributed by atoms with Gasteiger partial charge in [-0.15, -0.1) is 0 Å². The molecule has 18 heavy (non-hydrogen) atoms. The summed E-state index contributed by atoms with van der Waals surface area (Å²) in [5, 5.41) is 0.623. The van der Waals surface area contributed by atoms with Crippen LogP contribution in [0.4, 0.5) is 0 Å². The van der Waals surface area contributed by atoms with E-state index >= 15 is 0 Å². The molecular weight excluding hydrogens is 256 g/mol. The first-order chi connectivity index (χ1) is 8.73. The Morgan fingerprint density at radius 3 is 2.67 bits per heavy atom. The highest BCUT2D eigenvalue weighted by Gasteiger charge is 2.47. The van der Waals surface area contributed by atoms with Crippen LogP contribution >= 0.6 is 11.6 Å². The maximum absolute atomic E-state index is 6.02. The topological polar surface area (TPSA) is 36.9 Å². The third kappa shape index (κ3) is 2.53. The first kappa shape index (κ1) is 13.8. The van der Waals surface area contributed by atoms with Crippen LogP contribution in [0.25, 0.3) is 0 Å². The molecule has 5 heteroatoms. The molecule has 2 rings (SSSR count). The lowest BCUT2D eigenvalue weighted by atomic mass is 10.1. The Balaban J connectivity index is 2.36. The van der Waals surface area contributed by atoms with Crippen molar-refractivity contribution in [1.29, 1.82) is 0 Å². The molecule has 0 bridgehead atoms. The van der Waals surface area contributed by atoms with Gasteiger partial charge in [0.15, 0.2) is 0 Å². The summed E-state index contributed by atoms with van der Waals surface area (Å²) < 4.78 is 22.4. The van der Waals surface area contributed by atoms with Gasteiger partial charge < -0.3 is 18.9 Å². The zero-order valence-electron chi connectivity index (χ0n) is 10.5. The minimum Gasteiger partial charge on any atom is -0.351 e. The lowest BCUT2D eigenvalue weighted by molar-refractivity contribution is -0.315. The maximum Gasteiger partial charge on any atom is 0.248 e. The van der Waals surface area contributed by atoms with E-state index in [9.17, 15) is 0 Å². The van der Waals surface area contributed by atoms with Crippen molar-refractivity contribution in [3.63, 3.8) is 0 Å². The average molecular weight is 273 g/mol. The Bertz CT molecular complexity index is 390. The highest BCUT2D eigenvalue weighted by atomic mass is 35.5. The van der Waals surface area contributed by atoms with Crippen molar-refractivity contribution in [3.8, 4) is 0 Å². The van der Waals surface area contributed by atoms with Crippen LogP contribution < -0.4 is 0 Å². The second-order valence-corrected chi connectivity index (χ2v) is 4.33. The van der Waals surface area contributed by atoms with Crippen LogP contribution in [-0.4, -0.2) is 33.2 Å². The zero-order valence-corrected chi connectivity index (χ0v) is 11.3. The molecule has 1 fully saturated rings. The second kappa shape index (κ2) is 5.99. The molecule has 0 N–H and O–H groups in total. The molecule has 1 aliphatic heterocycles. The molecule has 4 nitrogen and oxygen atoms in total. The van der Waals surface area contributed by atoms with E-state index in [4.69, 9.17) is 30.5 Å². The van der Waals surface area contributed by atoms with E-state index in [-0.39, 0.29) is 0 Å². The van der Waals surface area contributed by atoms with Gasteiger partial charge in [0.25, 0.3) is 0 Å². The van der Waals surface area contributed by atoms with Gasteiger partial charge in [-0.1, -0.05) is 23.7 Å². The molecule has 0 aromatic heterocycles.